The van der Waals surface area contributed by atoms with Crippen LogP contribution in [-0.2, 0) is 16.0 Å². The zero-order chi connectivity index (χ0) is 16.6. The summed E-state index contributed by atoms with van der Waals surface area (Å²) in [5.74, 6) is 0.285. The molecule has 2 aliphatic heterocycles. The van der Waals surface area contributed by atoms with Crippen molar-refractivity contribution in [3.8, 4) is 0 Å². The van der Waals surface area contributed by atoms with Gasteiger partial charge in [0.05, 0.1) is 12.6 Å². The molecule has 3 atom stereocenters. The number of nitrogens with zero attached hydrogens (tertiary/aromatic N) is 1. The van der Waals surface area contributed by atoms with Crippen LogP contribution in [0.4, 0.5) is 0 Å². The third-order valence-electron chi connectivity index (χ3n) is 5.43. The summed E-state index contributed by atoms with van der Waals surface area (Å²) >= 11 is 0. The summed E-state index contributed by atoms with van der Waals surface area (Å²) in [4.78, 5) is 15.3. The summed E-state index contributed by atoms with van der Waals surface area (Å²) in [7, 11) is 0. The molecule has 4 rings (SSSR count). The highest BCUT2D eigenvalue weighted by Crippen LogP contribution is 2.45. The molecule has 2 fully saturated rings. The molecule has 0 N–H and O–H groups in total. The number of amides is 1. The molecule has 3 nitrogen and oxygen atoms in total. The molecule has 1 amide bonds. The second-order valence-corrected chi connectivity index (χ2v) is 7.05. The molecule has 2 heterocycles. The van der Waals surface area contributed by atoms with E-state index in [1.807, 2.05) is 41.3 Å². The first-order valence-corrected chi connectivity index (χ1v) is 8.73. The minimum Gasteiger partial charge on any atom is -0.353 e. The van der Waals surface area contributed by atoms with Gasteiger partial charge in [0.1, 0.15) is 5.72 Å². The zero-order valence-electron chi connectivity index (χ0n) is 14.0. The number of rotatable bonds is 3. The molecule has 0 aliphatic carbocycles. The van der Waals surface area contributed by atoms with Gasteiger partial charge in [0.15, 0.2) is 0 Å². The minimum atomic E-state index is -0.454. The summed E-state index contributed by atoms with van der Waals surface area (Å²) < 4.78 is 6.09. The van der Waals surface area contributed by atoms with Crippen LogP contribution in [0.25, 0.3) is 0 Å². The van der Waals surface area contributed by atoms with Crippen molar-refractivity contribution >= 4 is 5.91 Å². The van der Waals surface area contributed by atoms with E-state index in [0.717, 1.165) is 24.8 Å². The van der Waals surface area contributed by atoms with E-state index in [1.54, 1.807) is 0 Å². The molecule has 2 aromatic carbocycles. The van der Waals surface area contributed by atoms with Gasteiger partial charge >= 0.3 is 0 Å². The van der Waals surface area contributed by atoms with E-state index in [-0.39, 0.29) is 17.9 Å². The van der Waals surface area contributed by atoms with Crippen LogP contribution in [0.5, 0.6) is 0 Å². The first kappa shape index (κ1) is 15.4. The SMILES string of the molecule is C[C@]12CC[C@H](Cc3ccccc3)C(=O)N1[C@H](c1ccccc1)CO2. The van der Waals surface area contributed by atoms with Crippen LogP contribution in [0, 0.1) is 5.92 Å². The van der Waals surface area contributed by atoms with Crippen molar-refractivity contribution in [3.63, 3.8) is 0 Å². The Morgan fingerprint density at radius 2 is 1.75 bits per heavy atom. The number of benzene rings is 2. The van der Waals surface area contributed by atoms with Crippen LogP contribution >= 0.6 is 0 Å². The average Bonchev–Trinajstić information content (AvgIpc) is 2.98. The maximum Gasteiger partial charge on any atom is 0.228 e. The van der Waals surface area contributed by atoms with Crippen molar-refractivity contribution in [1.29, 1.82) is 0 Å². The molecule has 3 heteroatoms. The number of fused-ring (bicyclic) bond motifs is 1. The van der Waals surface area contributed by atoms with Crippen molar-refractivity contribution in [3.05, 3.63) is 71.8 Å². The van der Waals surface area contributed by atoms with E-state index in [2.05, 4.69) is 31.2 Å². The monoisotopic (exact) mass is 321 g/mol. The first-order chi connectivity index (χ1) is 11.7. The first-order valence-electron chi connectivity index (χ1n) is 8.73. The van der Waals surface area contributed by atoms with Gasteiger partial charge in [-0.2, -0.15) is 0 Å². The van der Waals surface area contributed by atoms with Crippen molar-refractivity contribution in [2.45, 2.75) is 38.0 Å². The Kier molecular flexibility index (Phi) is 3.89. The van der Waals surface area contributed by atoms with Crippen molar-refractivity contribution < 1.29 is 9.53 Å². The lowest BCUT2D eigenvalue weighted by molar-refractivity contribution is -0.163. The van der Waals surface area contributed by atoms with Crippen LogP contribution in [0.2, 0.25) is 0 Å². The van der Waals surface area contributed by atoms with E-state index in [9.17, 15) is 4.79 Å². The quantitative estimate of drug-likeness (QED) is 0.856. The molecular formula is C21H23NO2. The molecule has 124 valence electrons. The molecule has 2 aromatic rings. The lowest BCUT2D eigenvalue weighted by Crippen LogP contribution is -2.53. The normalized spacial score (nSPS) is 29.5. The Hall–Kier alpha value is -2.13. The topological polar surface area (TPSA) is 29.5 Å². The fraction of sp³-hybridized carbons (Fsp3) is 0.381. The van der Waals surface area contributed by atoms with Crippen molar-refractivity contribution in [2.75, 3.05) is 6.61 Å². The van der Waals surface area contributed by atoms with Gasteiger partial charge < -0.3 is 9.64 Å². The van der Waals surface area contributed by atoms with Crippen LogP contribution < -0.4 is 0 Å². The third kappa shape index (κ3) is 2.63. The number of carbonyl (C=O) groups excluding carboxylic acids is 1. The van der Waals surface area contributed by atoms with Gasteiger partial charge in [-0.25, -0.2) is 0 Å². The third-order valence-corrected chi connectivity index (χ3v) is 5.43. The predicted molar refractivity (Wildman–Crippen MR) is 93.3 cm³/mol. The Labute approximate surface area is 143 Å². The van der Waals surface area contributed by atoms with E-state index < -0.39 is 5.72 Å². The summed E-state index contributed by atoms with van der Waals surface area (Å²) in [5, 5.41) is 0. The molecular weight excluding hydrogens is 298 g/mol. The molecule has 0 unspecified atom stereocenters. The van der Waals surface area contributed by atoms with Crippen LogP contribution in [-0.4, -0.2) is 23.1 Å². The molecule has 0 spiro atoms. The fourth-order valence-electron chi connectivity index (χ4n) is 4.08. The van der Waals surface area contributed by atoms with E-state index in [0.29, 0.717) is 6.61 Å². The fourth-order valence-corrected chi connectivity index (χ4v) is 4.08. The van der Waals surface area contributed by atoms with Gasteiger partial charge in [0.2, 0.25) is 5.91 Å². The van der Waals surface area contributed by atoms with E-state index in [1.165, 1.54) is 5.56 Å². The number of hydrogen-bond acceptors (Lipinski definition) is 2. The molecule has 2 aliphatic rings. The van der Waals surface area contributed by atoms with Gasteiger partial charge in [-0.3, -0.25) is 4.79 Å². The Morgan fingerprint density at radius 1 is 1.08 bits per heavy atom. The summed E-state index contributed by atoms with van der Waals surface area (Å²) in [6, 6.07) is 20.6. The number of ether oxygens (including phenoxy) is 1. The Bertz CT molecular complexity index is 715. The highest BCUT2D eigenvalue weighted by molar-refractivity contribution is 5.81. The van der Waals surface area contributed by atoms with Crippen molar-refractivity contribution in [2.24, 2.45) is 5.92 Å². The zero-order valence-corrected chi connectivity index (χ0v) is 14.0. The average molecular weight is 321 g/mol. The predicted octanol–water partition coefficient (Wildman–Crippen LogP) is 3.96. The molecule has 2 saturated heterocycles. The van der Waals surface area contributed by atoms with E-state index >= 15 is 0 Å². The molecule has 0 bridgehead atoms. The lowest BCUT2D eigenvalue weighted by Gasteiger charge is -2.43. The van der Waals surface area contributed by atoms with Crippen molar-refractivity contribution in [1.82, 2.24) is 4.90 Å². The second kappa shape index (κ2) is 6.06. The maximum atomic E-state index is 13.2. The van der Waals surface area contributed by atoms with Gasteiger partial charge in [-0.05, 0) is 37.3 Å². The smallest absolute Gasteiger partial charge is 0.228 e. The van der Waals surface area contributed by atoms with Gasteiger partial charge in [0, 0.05) is 5.92 Å². The van der Waals surface area contributed by atoms with Crippen LogP contribution in [0.3, 0.4) is 0 Å². The summed E-state index contributed by atoms with van der Waals surface area (Å²) in [6.07, 6.45) is 2.61. The van der Waals surface area contributed by atoms with E-state index in [4.69, 9.17) is 4.74 Å². The number of hydrogen-bond donors (Lipinski definition) is 0. The van der Waals surface area contributed by atoms with Gasteiger partial charge in [-0.1, -0.05) is 60.7 Å². The summed E-state index contributed by atoms with van der Waals surface area (Å²) in [6.45, 7) is 2.65. The molecule has 24 heavy (non-hydrogen) atoms. The molecule has 0 radical (unpaired) electrons. The number of carbonyl (C=O) groups is 1. The highest BCUT2D eigenvalue weighted by Gasteiger charge is 2.51. The number of piperidine rings is 1. The largest absolute Gasteiger partial charge is 0.353 e. The minimum absolute atomic E-state index is 0.0299. The molecule has 0 saturated carbocycles. The summed E-state index contributed by atoms with van der Waals surface area (Å²) in [5.41, 5.74) is 1.94. The lowest BCUT2D eigenvalue weighted by atomic mass is 9.85. The Morgan fingerprint density at radius 3 is 2.46 bits per heavy atom. The van der Waals surface area contributed by atoms with Gasteiger partial charge in [-0.15, -0.1) is 0 Å². The van der Waals surface area contributed by atoms with Gasteiger partial charge in [0.25, 0.3) is 0 Å². The highest BCUT2D eigenvalue weighted by atomic mass is 16.5. The second-order valence-electron chi connectivity index (χ2n) is 7.05. The molecule has 0 aromatic heterocycles. The van der Waals surface area contributed by atoms with Crippen LogP contribution in [0.15, 0.2) is 60.7 Å². The Balaban J connectivity index is 1.60. The standard InChI is InChI=1S/C21H23NO2/c1-21-13-12-18(14-16-8-4-2-5-9-16)20(23)22(21)19(15-24-21)17-10-6-3-7-11-17/h2-11,18-19H,12-15H2,1H3/t18-,19+,21+/m1/s1. The van der Waals surface area contributed by atoms with Crippen LogP contribution in [0.1, 0.15) is 36.9 Å². The maximum absolute atomic E-state index is 13.2.